The lowest BCUT2D eigenvalue weighted by molar-refractivity contribution is -0.118. The van der Waals surface area contributed by atoms with Crippen molar-refractivity contribution in [3.63, 3.8) is 0 Å². The number of ether oxygens (including phenoxy) is 2. The van der Waals surface area contributed by atoms with Gasteiger partial charge < -0.3 is 20.1 Å². The van der Waals surface area contributed by atoms with Crippen LogP contribution in [0.5, 0.6) is 0 Å². The van der Waals surface area contributed by atoms with E-state index >= 15 is 0 Å². The number of nitrogens with one attached hydrogen (secondary N) is 2. The van der Waals surface area contributed by atoms with Crippen molar-refractivity contribution >= 4 is 34.4 Å². The summed E-state index contributed by atoms with van der Waals surface area (Å²) in [7, 11) is 2.50. The number of benzene rings is 1. The summed E-state index contributed by atoms with van der Waals surface area (Å²) in [5, 5.41) is 5.37. The summed E-state index contributed by atoms with van der Waals surface area (Å²) < 4.78 is 9.26. The SMILES string of the molecule is COC(=O)NC(Cc1ccccc1)C(=O)Nc1nc(C)c(C(=O)OC)s1. The Labute approximate surface area is 154 Å². The van der Waals surface area contributed by atoms with E-state index in [1.54, 1.807) is 6.92 Å². The van der Waals surface area contributed by atoms with E-state index in [4.69, 9.17) is 0 Å². The van der Waals surface area contributed by atoms with Gasteiger partial charge in [-0.15, -0.1) is 0 Å². The van der Waals surface area contributed by atoms with E-state index in [-0.39, 0.29) is 11.6 Å². The highest BCUT2D eigenvalue weighted by molar-refractivity contribution is 7.17. The summed E-state index contributed by atoms with van der Waals surface area (Å²) in [6.45, 7) is 1.65. The Balaban J connectivity index is 2.15. The van der Waals surface area contributed by atoms with Crippen LogP contribution in [0.2, 0.25) is 0 Å². The summed E-state index contributed by atoms with van der Waals surface area (Å²) in [6.07, 6.45) is -0.442. The van der Waals surface area contributed by atoms with Crippen LogP contribution in [0.4, 0.5) is 9.93 Å². The summed E-state index contributed by atoms with van der Waals surface area (Å²) >= 11 is 1.01. The van der Waals surface area contributed by atoms with Gasteiger partial charge in [0, 0.05) is 6.42 Å². The molecule has 9 heteroatoms. The second kappa shape index (κ2) is 8.95. The number of aromatic nitrogens is 1. The van der Waals surface area contributed by atoms with Gasteiger partial charge in [-0.3, -0.25) is 4.79 Å². The number of thiazole rings is 1. The largest absolute Gasteiger partial charge is 0.465 e. The van der Waals surface area contributed by atoms with Gasteiger partial charge in [0.25, 0.3) is 0 Å². The van der Waals surface area contributed by atoms with Crippen molar-refractivity contribution in [3.05, 3.63) is 46.5 Å². The molecule has 0 aliphatic rings. The molecule has 1 aromatic heterocycles. The van der Waals surface area contributed by atoms with Crippen LogP contribution in [0.1, 0.15) is 20.9 Å². The van der Waals surface area contributed by atoms with E-state index in [0.29, 0.717) is 10.6 Å². The molecule has 0 radical (unpaired) electrons. The third-order valence-electron chi connectivity index (χ3n) is 3.47. The first-order valence-corrected chi connectivity index (χ1v) is 8.51. The molecule has 1 atom stereocenters. The Hall–Kier alpha value is -2.94. The maximum absolute atomic E-state index is 12.6. The average Bonchev–Trinajstić information content (AvgIpc) is 3.01. The molecule has 0 fully saturated rings. The van der Waals surface area contributed by atoms with Gasteiger partial charge in [-0.2, -0.15) is 0 Å². The van der Waals surface area contributed by atoms with Gasteiger partial charge in [0.1, 0.15) is 10.9 Å². The van der Waals surface area contributed by atoms with Gasteiger partial charge >= 0.3 is 12.1 Å². The summed E-state index contributed by atoms with van der Waals surface area (Å²) in [5.41, 5.74) is 1.33. The molecule has 2 amide bonds. The van der Waals surface area contributed by atoms with E-state index in [2.05, 4.69) is 25.1 Å². The fraction of sp³-hybridized carbons (Fsp3) is 0.294. The Morgan fingerprint density at radius 2 is 1.85 bits per heavy atom. The molecule has 0 aliphatic carbocycles. The Bertz CT molecular complexity index is 791. The predicted molar refractivity (Wildman–Crippen MR) is 96.3 cm³/mol. The normalized spacial score (nSPS) is 11.3. The fourth-order valence-corrected chi connectivity index (χ4v) is 3.07. The monoisotopic (exact) mass is 377 g/mol. The number of carbonyl (C=O) groups is 3. The highest BCUT2D eigenvalue weighted by atomic mass is 32.1. The molecule has 26 heavy (non-hydrogen) atoms. The molecule has 0 spiro atoms. The molecule has 0 saturated carbocycles. The average molecular weight is 377 g/mol. The first-order chi connectivity index (χ1) is 12.4. The number of carbonyl (C=O) groups excluding carboxylic acids is 3. The lowest BCUT2D eigenvalue weighted by Gasteiger charge is -2.17. The first-order valence-electron chi connectivity index (χ1n) is 7.69. The summed E-state index contributed by atoms with van der Waals surface area (Å²) in [6, 6.07) is 8.38. The van der Waals surface area contributed by atoms with Crippen molar-refractivity contribution in [3.8, 4) is 0 Å². The molecule has 0 saturated heterocycles. The Morgan fingerprint density at radius 1 is 1.15 bits per heavy atom. The molecular formula is C17H19N3O5S. The van der Waals surface area contributed by atoms with Crippen LogP contribution in [0.25, 0.3) is 0 Å². The van der Waals surface area contributed by atoms with E-state index in [0.717, 1.165) is 16.9 Å². The molecular weight excluding hydrogens is 358 g/mol. The van der Waals surface area contributed by atoms with Crippen molar-refractivity contribution in [1.82, 2.24) is 10.3 Å². The zero-order valence-electron chi connectivity index (χ0n) is 14.6. The number of methoxy groups -OCH3 is 2. The maximum Gasteiger partial charge on any atom is 0.407 e. The number of aryl methyl sites for hydroxylation is 1. The molecule has 0 bridgehead atoms. The number of nitrogens with zero attached hydrogens (tertiary/aromatic N) is 1. The zero-order chi connectivity index (χ0) is 19.1. The van der Waals surface area contributed by atoms with Gasteiger partial charge in [0.15, 0.2) is 5.13 Å². The highest BCUT2D eigenvalue weighted by Crippen LogP contribution is 2.23. The van der Waals surface area contributed by atoms with Crippen LogP contribution in [0.3, 0.4) is 0 Å². The molecule has 1 unspecified atom stereocenters. The number of hydrogen-bond acceptors (Lipinski definition) is 7. The van der Waals surface area contributed by atoms with Crippen LogP contribution < -0.4 is 10.6 Å². The second-order valence-electron chi connectivity index (χ2n) is 5.29. The number of amides is 2. The van der Waals surface area contributed by atoms with Crippen LogP contribution in [0.15, 0.2) is 30.3 Å². The van der Waals surface area contributed by atoms with Crippen molar-refractivity contribution in [1.29, 1.82) is 0 Å². The van der Waals surface area contributed by atoms with Crippen molar-refractivity contribution in [2.75, 3.05) is 19.5 Å². The van der Waals surface area contributed by atoms with E-state index in [1.165, 1.54) is 14.2 Å². The quantitative estimate of drug-likeness (QED) is 0.747. The van der Waals surface area contributed by atoms with Crippen LogP contribution >= 0.6 is 11.3 Å². The third-order valence-corrected chi connectivity index (χ3v) is 4.53. The standard InChI is InChI=1S/C17H19N3O5S/c1-10-13(15(22)24-2)26-16(18-10)20-14(21)12(19-17(23)25-3)9-11-7-5-4-6-8-11/h4-8,12H,9H2,1-3H3,(H,19,23)(H,18,20,21). The molecule has 1 heterocycles. The highest BCUT2D eigenvalue weighted by Gasteiger charge is 2.24. The van der Waals surface area contributed by atoms with Crippen molar-refractivity contribution in [2.24, 2.45) is 0 Å². The van der Waals surface area contributed by atoms with Crippen molar-refractivity contribution in [2.45, 2.75) is 19.4 Å². The lowest BCUT2D eigenvalue weighted by atomic mass is 10.1. The van der Waals surface area contributed by atoms with E-state index in [1.807, 2.05) is 30.3 Å². The van der Waals surface area contributed by atoms with Gasteiger partial charge in [-0.1, -0.05) is 41.7 Å². The molecule has 2 aromatic rings. The van der Waals surface area contributed by atoms with Crippen LogP contribution in [-0.2, 0) is 20.7 Å². The van der Waals surface area contributed by atoms with E-state index in [9.17, 15) is 14.4 Å². The van der Waals surface area contributed by atoms with Gasteiger partial charge in [-0.05, 0) is 12.5 Å². The minimum Gasteiger partial charge on any atom is -0.465 e. The Morgan fingerprint density at radius 3 is 2.46 bits per heavy atom. The minimum atomic E-state index is -0.865. The van der Waals surface area contributed by atoms with Crippen molar-refractivity contribution < 1.29 is 23.9 Å². The predicted octanol–water partition coefficient (Wildman–Crippen LogP) is 2.14. The number of esters is 1. The second-order valence-corrected chi connectivity index (χ2v) is 6.29. The van der Waals surface area contributed by atoms with E-state index < -0.39 is 24.0 Å². The summed E-state index contributed by atoms with van der Waals surface area (Å²) in [5.74, 6) is -0.988. The Kier molecular flexibility index (Phi) is 6.67. The summed E-state index contributed by atoms with van der Waals surface area (Å²) in [4.78, 5) is 40.3. The molecule has 0 aliphatic heterocycles. The lowest BCUT2D eigenvalue weighted by Crippen LogP contribution is -2.45. The van der Waals surface area contributed by atoms with Crippen LogP contribution in [-0.4, -0.2) is 43.2 Å². The number of alkyl carbamates (subject to hydrolysis) is 1. The number of anilines is 1. The maximum atomic E-state index is 12.6. The molecule has 2 N–H and O–H groups in total. The number of hydrogen-bond donors (Lipinski definition) is 2. The van der Waals surface area contributed by atoms with Gasteiger partial charge in [0.05, 0.1) is 19.9 Å². The van der Waals surface area contributed by atoms with Crippen LogP contribution in [0, 0.1) is 6.92 Å². The third kappa shape index (κ3) is 5.03. The van der Waals surface area contributed by atoms with Gasteiger partial charge in [0.2, 0.25) is 5.91 Å². The first kappa shape index (κ1) is 19.4. The smallest absolute Gasteiger partial charge is 0.407 e. The molecule has 1 aromatic carbocycles. The minimum absolute atomic E-state index is 0.248. The molecule has 138 valence electrons. The van der Waals surface area contributed by atoms with Gasteiger partial charge in [-0.25, -0.2) is 14.6 Å². The fourth-order valence-electron chi connectivity index (χ4n) is 2.18. The topological polar surface area (TPSA) is 107 Å². The number of rotatable bonds is 6. The molecule has 8 nitrogen and oxygen atoms in total. The zero-order valence-corrected chi connectivity index (χ0v) is 15.4. The molecule has 2 rings (SSSR count).